The minimum Gasteiger partial charge on any atom is -0.385 e. The quantitative estimate of drug-likeness (QED) is 0.911. The fourth-order valence-corrected chi connectivity index (χ4v) is 2.63. The topological polar surface area (TPSA) is 63.8 Å². The fraction of sp³-hybridized carbons (Fsp3) is 0.500. The maximum absolute atomic E-state index is 10.1. The van der Waals surface area contributed by atoms with Gasteiger partial charge in [-0.15, -0.1) is 0 Å². The first-order valence-corrected chi connectivity index (χ1v) is 6.82. The van der Waals surface area contributed by atoms with Crippen molar-refractivity contribution < 1.29 is 5.11 Å². The van der Waals surface area contributed by atoms with Gasteiger partial charge in [0.1, 0.15) is 6.10 Å². The van der Waals surface area contributed by atoms with E-state index in [-0.39, 0.29) is 0 Å². The van der Waals surface area contributed by atoms with E-state index in [4.69, 9.17) is 0 Å². The monoisotopic (exact) mass is 258 g/mol. The molecule has 0 amide bonds. The molecule has 1 saturated carbocycles. The molecule has 1 aliphatic rings. The lowest BCUT2D eigenvalue weighted by molar-refractivity contribution is 0.166. The number of hydrogen-bond donors (Lipinski definition) is 1. The number of rotatable bonds is 4. The Labute approximate surface area is 112 Å². The average molecular weight is 258 g/mol. The largest absolute Gasteiger partial charge is 0.385 e. The smallest absolute Gasteiger partial charge is 0.157 e. The Morgan fingerprint density at radius 2 is 2.00 bits per heavy atom. The Morgan fingerprint density at radius 1 is 1.26 bits per heavy atom. The van der Waals surface area contributed by atoms with Gasteiger partial charge in [0.05, 0.1) is 11.7 Å². The lowest BCUT2D eigenvalue weighted by Gasteiger charge is -2.09. The van der Waals surface area contributed by atoms with Gasteiger partial charge in [0.2, 0.25) is 0 Å². The summed E-state index contributed by atoms with van der Waals surface area (Å²) in [5.41, 5.74) is 0.895. The first-order chi connectivity index (χ1) is 9.33. The van der Waals surface area contributed by atoms with E-state index in [1.165, 1.54) is 25.7 Å². The summed E-state index contributed by atoms with van der Waals surface area (Å²) in [5, 5.41) is 14.6. The summed E-state index contributed by atoms with van der Waals surface area (Å²) in [4.78, 5) is 8.13. The fourth-order valence-electron chi connectivity index (χ4n) is 2.63. The van der Waals surface area contributed by atoms with Crippen molar-refractivity contribution in [3.8, 4) is 0 Å². The van der Waals surface area contributed by atoms with Crippen LogP contribution in [0.4, 0.5) is 0 Å². The summed E-state index contributed by atoms with van der Waals surface area (Å²) in [6, 6.07) is 4.26. The lowest BCUT2D eigenvalue weighted by atomic mass is 10.2. The molecule has 19 heavy (non-hydrogen) atoms. The molecule has 1 unspecified atom stereocenters. The molecule has 0 radical (unpaired) electrons. The van der Waals surface area contributed by atoms with Crippen LogP contribution in [-0.2, 0) is 6.42 Å². The average Bonchev–Trinajstić information content (AvgIpc) is 3.10. The van der Waals surface area contributed by atoms with Gasteiger partial charge in [-0.2, -0.15) is 5.10 Å². The SMILES string of the molecule is OC(Cc1ccn(C2CCCC2)n1)c1ncccn1. The van der Waals surface area contributed by atoms with E-state index < -0.39 is 6.10 Å². The predicted molar refractivity (Wildman–Crippen MR) is 70.4 cm³/mol. The molecule has 0 spiro atoms. The van der Waals surface area contributed by atoms with Crippen LogP contribution in [0, 0.1) is 0 Å². The van der Waals surface area contributed by atoms with Crippen molar-refractivity contribution in [2.75, 3.05) is 0 Å². The highest BCUT2D eigenvalue weighted by atomic mass is 16.3. The van der Waals surface area contributed by atoms with Gasteiger partial charge in [-0.25, -0.2) is 9.97 Å². The Hall–Kier alpha value is -1.75. The summed E-state index contributed by atoms with van der Waals surface area (Å²) in [5.74, 6) is 0.456. The van der Waals surface area contributed by atoms with Crippen LogP contribution in [0.25, 0.3) is 0 Å². The van der Waals surface area contributed by atoms with Gasteiger partial charge in [-0.05, 0) is 25.0 Å². The number of hydrogen-bond acceptors (Lipinski definition) is 4. The summed E-state index contributed by atoms with van der Waals surface area (Å²) < 4.78 is 2.04. The highest BCUT2D eigenvalue weighted by Crippen LogP contribution is 2.29. The van der Waals surface area contributed by atoms with E-state index in [0.717, 1.165) is 5.69 Å². The maximum atomic E-state index is 10.1. The number of aliphatic hydroxyl groups is 1. The van der Waals surface area contributed by atoms with Gasteiger partial charge < -0.3 is 5.11 Å². The maximum Gasteiger partial charge on any atom is 0.157 e. The minimum atomic E-state index is -0.687. The normalized spacial score (nSPS) is 17.7. The van der Waals surface area contributed by atoms with E-state index in [9.17, 15) is 5.11 Å². The molecule has 1 aliphatic carbocycles. The van der Waals surface area contributed by atoms with Crippen LogP contribution in [0.15, 0.2) is 30.7 Å². The third kappa shape index (κ3) is 2.81. The van der Waals surface area contributed by atoms with E-state index in [1.807, 2.05) is 16.9 Å². The Kier molecular flexibility index (Phi) is 3.55. The van der Waals surface area contributed by atoms with E-state index in [0.29, 0.717) is 18.3 Å². The van der Waals surface area contributed by atoms with Crippen molar-refractivity contribution in [1.82, 2.24) is 19.7 Å². The molecule has 2 aromatic rings. The molecule has 0 saturated heterocycles. The highest BCUT2D eigenvalue weighted by molar-refractivity contribution is 5.05. The molecule has 2 aromatic heterocycles. The zero-order chi connectivity index (χ0) is 13.1. The van der Waals surface area contributed by atoms with Crippen molar-refractivity contribution in [1.29, 1.82) is 0 Å². The number of aromatic nitrogens is 4. The summed E-state index contributed by atoms with van der Waals surface area (Å²) >= 11 is 0. The third-order valence-electron chi connectivity index (χ3n) is 3.65. The van der Waals surface area contributed by atoms with Crippen molar-refractivity contribution in [3.05, 3.63) is 42.2 Å². The minimum absolute atomic E-state index is 0.456. The molecule has 2 heterocycles. The molecule has 5 nitrogen and oxygen atoms in total. The second-order valence-corrected chi connectivity index (χ2v) is 5.05. The van der Waals surface area contributed by atoms with Crippen molar-refractivity contribution in [2.24, 2.45) is 0 Å². The van der Waals surface area contributed by atoms with Gasteiger partial charge in [-0.3, -0.25) is 4.68 Å². The molecule has 1 atom stereocenters. The first-order valence-electron chi connectivity index (χ1n) is 6.82. The zero-order valence-electron chi connectivity index (χ0n) is 10.8. The zero-order valence-corrected chi connectivity index (χ0v) is 10.8. The van der Waals surface area contributed by atoms with Crippen molar-refractivity contribution >= 4 is 0 Å². The number of nitrogens with zero attached hydrogens (tertiary/aromatic N) is 4. The van der Waals surface area contributed by atoms with Crippen LogP contribution < -0.4 is 0 Å². The molecule has 100 valence electrons. The van der Waals surface area contributed by atoms with Crippen molar-refractivity contribution in [3.63, 3.8) is 0 Å². The van der Waals surface area contributed by atoms with Crippen LogP contribution >= 0.6 is 0 Å². The van der Waals surface area contributed by atoms with Gasteiger partial charge in [0, 0.05) is 25.0 Å². The highest BCUT2D eigenvalue weighted by Gasteiger charge is 2.19. The molecule has 0 aromatic carbocycles. The summed E-state index contributed by atoms with van der Waals surface area (Å²) in [6.07, 6.45) is 10.1. The lowest BCUT2D eigenvalue weighted by Crippen LogP contribution is -2.09. The molecular weight excluding hydrogens is 240 g/mol. The van der Waals surface area contributed by atoms with Gasteiger partial charge in [-0.1, -0.05) is 12.8 Å². The van der Waals surface area contributed by atoms with Gasteiger partial charge in [0.15, 0.2) is 5.82 Å². The molecular formula is C14H18N4O. The molecule has 5 heteroatoms. The second kappa shape index (κ2) is 5.48. The molecule has 0 bridgehead atoms. The van der Waals surface area contributed by atoms with E-state index in [1.54, 1.807) is 18.5 Å². The van der Waals surface area contributed by atoms with Gasteiger partial charge in [0.25, 0.3) is 0 Å². The van der Waals surface area contributed by atoms with Crippen molar-refractivity contribution in [2.45, 2.75) is 44.2 Å². The Morgan fingerprint density at radius 3 is 2.74 bits per heavy atom. The van der Waals surface area contributed by atoms with Crippen LogP contribution in [0.5, 0.6) is 0 Å². The first kappa shape index (κ1) is 12.3. The van der Waals surface area contributed by atoms with Crippen LogP contribution in [0.1, 0.15) is 49.3 Å². The summed E-state index contributed by atoms with van der Waals surface area (Å²) in [6.45, 7) is 0. The third-order valence-corrected chi connectivity index (χ3v) is 3.65. The van der Waals surface area contributed by atoms with Crippen LogP contribution in [-0.4, -0.2) is 24.9 Å². The molecule has 1 N–H and O–H groups in total. The predicted octanol–water partition coefficient (Wildman–Crippen LogP) is 2.06. The molecule has 3 rings (SSSR count). The molecule has 1 fully saturated rings. The molecule has 0 aliphatic heterocycles. The van der Waals surface area contributed by atoms with E-state index in [2.05, 4.69) is 15.1 Å². The summed E-state index contributed by atoms with van der Waals surface area (Å²) in [7, 11) is 0. The van der Waals surface area contributed by atoms with Gasteiger partial charge >= 0.3 is 0 Å². The Balaban J connectivity index is 1.66. The van der Waals surface area contributed by atoms with Crippen LogP contribution in [0.3, 0.4) is 0 Å². The Bertz CT molecular complexity index is 519. The van der Waals surface area contributed by atoms with E-state index >= 15 is 0 Å². The second-order valence-electron chi connectivity index (χ2n) is 5.05. The standard InChI is InChI=1S/C14H18N4O/c19-13(14-15-7-3-8-16-14)10-11-6-9-18(17-11)12-4-1-2-5-12/h3,6-9,12-13,19H,1-2,4-5,10H2. The number of aliphatic hydroxyl groups excluding tert-OH is 1. The van der Waals surface area contributed by atoms with Crippen LogP contribution in [0.2, 0.25) is 0 Å².